The summed E-state index contributed by atoms with van der Waals surface area (Å²) in [6.45, 7) is 0.574. The Morgan fingerprint density at radius 3 is 3.00 bits per heavy atom. The molecule has 0 amide bonds. The van der Waals surface area contributed by atoms with E-state index in [0.29, 0.717) is 6.54 Å². The zero-order valence-corrected chi connectivity index (χ0v) is 7.97. The van der Waals surface area contributed by atoms with E-state index >= 15 is 0 Å². The zero-order chi connectivity index (χ0) is 9.97. The van der Waals surface area contributed by atoms with E-state index in [9.17, 15) is 0 Å². The van der Waals surface area contributed by atoms with E-state index in [-0.39, 0.29) is 0 Å². The van der Waals surface area contributed by atoms with Crippen LogP contribution < -0.4 is 5.73 Å². The Bertz CT molecular complexity index is 404. The van der Waals surface area contributed by atoms with E-state index in [2.05, 4.69) is 10.2 Å². The van der Waals surface area contributed by atoms with Gasteiger partial charge in [0.1, 0.15) is 5.82 Å². The summed E-state index contributed by atoms with van der Waals surface area (Å²) in [7, 11) is 1.91. The molecule has 0 saturated heterocycles. The Kier molecular flexibility index (Phi) is 2.32. The van der Waals surface area contributed by atoms with Crippen molar-refractivity contribution in [2.75, 3.05) is 6.54 Å². The van der Waals surface area contributed by atoms with E-state index in [0.717, 1.165) is 23.8 Å². The van der Waals surface area contributed by atoms with Gasteiger partial charge >= 0.3 is 0 Å². The first-order chi connectivity index (χ1) is 6.83. The van der Waals surface area contributed by atoms with Crippen LogP contribution in [0.5, 0.6) is 0 Å². The fourth-order valence-electron chi connectivity index (χ4n) is 1.33. The van der Waals surface area contributed by atoms with Crippen LogP contribution in [0, 0.1) is 0 Å². The van der Waals surface area contributed by atoms with Crippen LogP contribution in [0.25, 0.3) is 11.6 Å². The van der Waals surface area contributed by atoms with Crippen LogP contribution >= 0.6 is 0 Å². The van der Waals surface area contributed by atoms with E-state index < -0.39 is 0 Å². The summed E-state index contributed by atoms with van der Waals surface area (Å²) in [4.78, 5) is 0. The molecule has 74 valence electrons. The number of aromatic nitrogens is 3. The smallest absolute Gasteiger partial charge is 0.199 e. The fourth-order valence-corrected chi connectivity index (χ4v) is 1.33. The number of nitrogens with two attached hydrogens (primary N) is 1. The molecule has 0 atom stereocenters. The molecule has 5 heteroatoms. The molecule has 0 spiro atoms. The van der Waals surface area contributed by atoms with Crippen LogP contribution in [0.1, 0.15) is 5.82 Å². The van der Waals surface area contributed by atoms with Crippen molar-refractivity contribution in [2.24, 2.45) is 12.8 Å². The van der Waals surface area contributed by atoms with Crippen molar-refractivity contribution in [2.45, 2.75) is 6.42 Å². The second-order valence-corrected chi connectivity index (χ2v) is 3.01. The maximum Gasteiger partial charge on any atom is 0.199 e. The molecule has 0 aromatic carbocycles. The highest BCUT2D eigenvalue weighted by molar-refractivity contribution is 5.46. The lowest BCUT2D eigenvalue weighted by Crippen LogP contribution is -2.08. The van der Waals surface area contributed by atoms with E-state index in [1.165, 1.54) is 0 Å². The maximum atomic E-state index is 5.45. The molecule has 0 saturated carbocycles. The molecule has 0 unspecified atom stereocenters. The van der Waals surface area contributed by atoms with E-state index in [4.69, 9.17) is 10.2 Å². The number of hydrogen-bond donors (Lipinski definition) is 1. The first-order valence-electron chi connectivity index (χ1n) is 4.45. The predicted molar refractivity (Wildman–Crippen MR) is 51.5 cm³/mol. The normalized spacial score (nSPS) is 10.7. The van der Waals surface area contributed by atoms with E-state index in [1.807, 2.05) is 23.7 Å². The predicted octanol–water partition coefficient (Wildman–Crippen LogP) is 0.576. The maximum absolute atomic E-state index is 5.45. The SMILES string of the molecule is Cn1c(CCN)nnc1-c1ccco1. The summed E-state index contributed by atoms with van der Waals surface area (Å²) in [5.41, 5.74) is 5.45. The second kappa shape index (κ2) is 3.63. The lowest BCUT2D eigenvalue weighted by Gasteiger charge is -1.99. The first-order valence-corrected chi connectivity index (χ1v) is 4.45. The Morgan fingerprint density at radius 1 is 1.50 bits per heavy atom. The van der Waals surface area contributed by atoms with Crippen molar-refractivity contribution in [1.29, 1.82) is 0 Å². The van der Waals surface area contributed by atoms with Gasteiger partial charge in [-0.05, 0) is 18.7 Å². The van der Waals surface area contributed by atoms with Gasteiger partial charge in [-0.15, -0.1) is 10.2 Å². The van der Waals surface area contributed by atoms with Gasteiger partial charge in [0.2, 0.25) is 0 Å². The van der Waals surface area contributed by atoms with Gasteiger partial charge < -0.3 is 14.7 Å². The first kappa shape index (κ1) is 8.96. The molecule has 0 aliphatic carbocycles. The molecule has 2 rings (SSSR count). The molecule has 2 heterocycles. The summed E-state index contributed by atoms with van der Waals surface area (Å²) in [5.74, 6) is 2.33. The van der Waals surface area contributed by atoms with Crippen LogP contribution in [0.2, 0.25) is 0 Å². The Labute approximate surface area is 81.5 Å². The quantitative estimate of drug-likeness (QED) is 0.772. The molecule has 14 heavy (non-hydrogen) atoms. The van der Waals surface area contributed by atoms with Crippen molar-refractivity contribution in [3.05, 3.63) is 24.2 Å². The van der Waals surface area contributed by atoms with Crippen LogP contribution in [0.3, 0.4) is 0 Å². The molecule has 0 bridgehead atoms. The van der Waals surface area contributed by atoms with Gasteiger partial charge in [0.25, 0.3) is 0 Å². The minimum absolute atomic E-state index is 0.574. The van der Waals surface area contributed by atoms with Gasteiger partial charge in [0, 0.05) is 13.5 Å². The Balaban J connectivity index is 2.36. The molecular formula is C9H12N4O. The van der Waals surface area contributed by atoms with Crippen molar-refractivity contribution in [1.82, 2.24) is 14.8 Å². The molecule has 5 nitrogen and oxygen atoms in total. The van der Waals surface area contributed by atoms with Crippen LogP contribution in [0.15, 0.2) is 22.8 Å². The van der Waals surface area contributed by atoms with Crippen LogP contribution in [0.4, 0.5) is 0 Å². The number of rotatable bonds is 3. The van der Waals surface area contributed by atoms with Gasteiger partial charge in [-0.3, -0.25) is 0 Å². The number of furan rings is 1. The molecule has 0 aliphatic rings. The molecule has 2 aromatic rings. The van der Waals surface area contributed by atoms with Gasteiger partial charge in [0.05, 0.1) is 6.26 Å². The van der Waals surface area contributed by atoms with Crippen molar-refractivity contribution >= 4 is 0 Å². The largest absolute Gasteiger partial charge is 0.461 e. The average molecular weight is 192 g/mol. The van der Waals surface area contributed by atoms with Crippen molar-refractivity contribution in [3.8, 4) is 11.6 Å². The van der Waals surface area contributed by atoms with Crippen molar-refractivity contribution < 1.29 is 4.42 Å². The Morgan fingerprint density at radius 2 is 2.36 bits per heavy atom. The molecule has 2 aromatic heterocycles. The van der Waals surface area contributed by atoms with E-state index in [1.54, 1.807) is 6.26 Å². The third kappa shape index (κ3) is 1.42. The summed E-state index contributed by atoms with van der Waals surface area (Å²) >= 11 is 0. The summed E-state index contributed by atoms with van der Waals surface area (Å²) < 4.78 is 7.13. The summed E-state index contributed by atoms with van der Waals surface area (Å²) in [5, 5.41) is 8.07. The lowest BCUT2D eigenvalue weighted by molar-refractivity contribution is 0.573. The third-order valence-electron chi connectivity index (χ3n) is 2.07. The third-order valence-corrected chi connectivity index (χ3v) is 2.07. The standard InChI is InChI=1S/C9H12N4O/c1-13-8(4-5-10)11-12-9(13)7-3-2-6-14-7/h2-3,6H,4-5,10H2,1H3. The highest BCUT2D eigenvalue weighted by Crippen LogP contribution is 2.17. The highest BCUT2D eigenvalue weighted by atomic mass is 16.3. The number of hydrogen-bond acceptors (Lipinski definition) is 4. The molecule has 0 radical (unpaired) electrons. The summed E-state index contributed by atoms with van der Waals surface area (Å²) in [6.07, 6.45) is 2.34. The summed E-state index contributed by atoms with van der Waals surface area (Å²) in [6, 6.07) is 3.68. The van der Waals surface area contributed by atoms with Gasteiger partial charge in [-0.1, -0.05) is 0 Å². The monoisotopic (exact) mass is 192 g/mol. The van der Waals surface area contributed by atoms with Crippen LogP contribution in [-0.4, -0.2) is 21.3 Å². The van der Waals surface area contributed by atoms with Crippen molar-refractivity contribution in [3.63, 3.8) is 0 Å². The van der Waals surface area contributed by atoms with Crippen LogP contribution in [-0.2, 0) is 13.5 Å². The van der Waals surface area contributed by atoms with Gasteiger partial charge in [0.15, 0.2) is 11.6 Å². The molecule has 2 N–H and O–H groups in total. The minimum Gasteiger partial charge on any atom is -0.461 e. The topological polar surface area (TPSA) is 69.9 Å². The van der Waals surface area contributed by atoms with Gasteiger partial charge in [-0.25, -0.2) is 0 Å². The highest BCUT2D eigenvalue weighted by Gasteiger charge is 2.11. The lowest BCUT2D eigenvalue weighted by atomic mass is 10.4. The van der Waals surface area contributed by atoms with Gasteiger partial charge in [-0.2, -0.15) is 0 Å². The zero-order valence-electron chi connectivity index (χ0n) is 7.97. The minimum atomic E-state index is 0.574. The number of nitrogens with zero attached hydrogens (tertiary/aromatic N) is 3. The molecular weight excluding hydrogens is 180 g/mol. The molecule has 0 fully saturated rings. The Hall–Kier alpha value is -1.62. The second-order valence-electron chi connectivity index (χ2n) is 3.01. The molecule has 0 aliphatic heterocycles. The fraction of sp³-hybridized carbons (Fsp3) is 0.333. The average Bonchev–Trinajstić information content (AvgIpc) is 2.77.